The van der Waals surface area contributed by atoms with Crippen molar-refractivity contribution in [3.8, 4) is 0 Å². The number of benzene rings is 1. The second-order valence-corrected chi connectivity index (χ2v) is 4.95. The van der Waals surface area contributed by atoms with Crippen molar-refractivity contribution in [3.05, 3.63) is 35.9 Å². The molecule has 0 bridgehead atoms. The van der Waals surface area contributed by atoms with Crippen LogP contribution in [0.4, 0.5) is 18.0 Å². The van der Waals surface area contributed by atoms with E-state index in [1.165, 1.54) is 10.5 Å². The van der Waals surface area contributed by atoms with Gasteiger partial charge in [-0.2, -0.15) is 13.2 Å². The third-order valence-electron chi connectivity index (χ3n) is 3.49. The highest BCUT2D eigenvalue weighted by Crippen LogP contribution is 2.27. The minimum Gasteiger partial charge on any atom is -0.329 e. The number of carbonyl (C=O) groups is 1. The molecule has 1 heterocycles. The summed E-state index contributed by atoms with van der Waals surface area (Å²) in [6.07, 6.45) is -2.80. The SMILES string of the molecule is O=C(NCC(F)(F)F)N1CCC(c2ccccc2)CC1. The summed E-state index contributed by atoms with van der Waals surface area (Å²) in [5.41, 5.74) is 1.22. The van der Waals surface area contributed by atoms with Crippen LogP contribution in [0.5, 0.6) is 0 Å². The summed E-state index contributed by atoms with van der Waals surface area (Å²) in [5.74, 6) is 0.378. The molecule has 0 unspecified atom stereocenters. The number of urea groups is 1. The number of likely N-dealkylation sites (tertiary alicyclic amines) is 1. The quantitative estimate of drug-likeness (QED) is 0.890. The molecule has 1 aromatic carbocycles. The molecule has 110 valence electrons. The molecule has 0 aromatic heterocycles. The fourth-order valence-electron chi connectivity index (χ4n) is 2.43. The number of amides is 2. The van der Waals surface area contributed by atoms with Gasteiger partial charge in [-0.05, 0) is 24.3 Å². The van der Waals surface area contributed by atoms with Crippen LogP contribution < -0.4 is 5.32 Å². The number of hydrogen-bond acceptors (Lipinski definition) is 1. The molecular weight excluding hydrogens is 269 g/mol. The summed E-state index contributed by atoms with van der Waals surface area (Å²) in [6.45, 7) is -0.295. The van der Waals surface area contributed by atoms with E-state index in [-0.39, 0.29) is 0 Å². The van der Waals surface area contributed by atoms with Gasteiger partial charge in [0.1, 0.15) is 6.54 Å². The predicted molar refractivity (Wildman–Crippen MR) is 69.4 cm³/mol. The van der Waals surface area contributed by atoms with Crippen LogP contribution in [0.25, 0.3) is 0 Å². The molecule has 1 aliphatic rings. The highest BCUT2D eigenvalue weighted by molar-refractivity contribution is 5.74. The van der Waals surface area contributed by atoms with Gasteiger partial charge in [-0.3, -0.25) is 0 Å². The van der Waals surface area contributed by atoms with Crippen molar-refractivity contribution in [2.24, 2.45) is 0 Å². The van der Waals surface area contributed by atoms with Crippen LogP contribution in [-0.2, 0) is 0 Å². The molecule has 1 fully saturated rings. The Morgan fingerprint density at radius 2 is 1.80 bits per heavy atom. The second kappa shape index (κ2) is 6.15. The van der Waals surface area contributed by atoms with Gasteiger partial charge in [-0.15, -0.1) is 0 Å². The molecule has 6 heteroatoms. The average Bonchev–Trinajstić information content (AvgIpc) is 2.45. The largest absolute Gasteiger partial charge is 0.405 e. The van der Waals surface area contributed by atoms with Gasteiger partial charge in [0, 0.05) is 13.1 Å². The van der Waals surface area contributed by atoms with Crippen molar-refractivity contribution in [2.75, 3.05) is 19.6 Å². The third-order valence-corrected chi connectivity index (χ3v) is 3.49. The molecule has 3 nitrogen and oxygen atoms in total. The Morgan fingerprint density at radius 3 is 2.35 bits per heavy atom. The number of nitrogens with one attached hydrogen (secondary N) is 1. The standard InChI is InChI=1S/C14H17F3N2O/c15-14(16,17)10-18-13(20)19-8-6-12(7-9-19)11-4-2-1-3-5-11/h1-5,12H,6-10H2,(H,18,20). The van der Waals surface area contributed by atoms with Gasteiger partial charge in [0.15, 0.2) is 0 Å². The molecule has 0 saturated carbocycles. The normalized spacial score (nSPS) is 17.1. The maximum atomic E-state index is 12.0. The lowest BCUT2D eigenvalue weighted by molar-refractivity contribution is -0.123. The molecular formula is C14H17F3N2O. The molecule has 0 radical (unpaired) electrons. The Bertz CT molecular complexity index is 439. The van der Waals surface area contributed by atoms with Gasteiger partial charge in [0.05, 0.1) is 0 Å². The molecule has 0 spiro atoms. The van der Waals surface area contributed by atoms with Crippen molar-refractivity contribution < 1.29 is 18.0 Å². The highest BCUT2D eigenvalue weighted by atomic mass is 19.4. The first-order valence-electron chi connectivity index (χ1n) is 6.60. The molecule has 1 N–H and O–H groups in total. The van der Waals surface area contributed by atoms with Crippen LogP contribution in [0, 0.1) is 0 Å². The van der Waals surface area contributed by atoms with Gasteiger partial charge in [0.25, 0.3) is 0 Å². The van der Waals surface area contributed by atoms with Crippen molar-refractivity contribution >= 4 is 6.03 Å². The summed E-state index contributed by atoms with van der Waals surface area (Å²) in [7, 11) is 0. The van der Waals surface area contributed by atoms with Crippen molar-refractivity contribution in [3.63, 3.8) is 0 Å². The number of nitrogens with zero attached hydrogens (tertiary/aromatic N) is 1. The lowest BCUT2D eigenvalue weighted by atomic mass is 9.90. The van der Waals surface area contributed by atoms with Crippen LogP contribution >= 0.6 is 0 Å². The van der Waals surface area contributed by atoms with E-state index < -0.39 is 18.8 Å². The number of alkyl halides is 3. The van der Waals surface area contributed by atoms with E-state index >= 15 is 0 Å². The van der Waals surface area contributed by atoms with Gasteiger partial charge in [0.2, 0.25) is 0 Å². The van der Waals surface area contributed by atoms with Crippen LogP contribution in [0.2, 0.25) is 0 Å². The maximum absolute atomic E-state index is 12.0. The van der Waals surface area contributed by atoms with E-state index in [9.17, 15) is 18.0 Å². The molecule has 0 atom stereocenters. The zero-order chi connectivity index (χ0) is 14.6. The monoisotopic (exact) mass is 286 g/mol. The van der Waals surface area contributed by atoms with Crippen molar-refractivity contribution in [1.29, 1.82) is 0 Å². The lowest BCUT2D eigenvalue weighted by Gasteiger charge is -2.32. The molecule has 2 rings (SSSR count). The van der Waals surface area contributed by atoms with E-state index in [2.05, 4.69) is 0 Å². The van der Waals surface area contributed by atoms with Crippen LogP contribution in [-0.4, -0.2) is 36.7 Å². The number of rotatable bonds is 2. The van der Waals surface area contributed by atoms with E-state index in [0.717, 1.165) is 12.8 Å². The summed E-state index contributed by atoms with van der Waals surface area (Å²) < 4.78 is 36.1. The van der Waals surface area contributed by atoms with Crippen molar-refractivity contribution in [2.45, 2.75) is 24.9 Å². The molecule has 1 saturated heterocycles. The Morgan fingerprint density at radius 1 is 1.20 bits per heavy atom. The number of halogens is 3. The minimum absolute atomic E-state index is 0.378. The van der Waals surface area contributed by atoms with E-state index in [1.807, 2.05) is 35.6 Å². The van der Waals surface area contributed by atoms with Gasteiger partial charge >= 0.3 is 12.2 Å². The van der Waals surface area contributed by atoms with E-state index in [0.29, 0.717) is 19.0 Å². The second-order valence-electron chi connectivity index (χ2n) is 4.95. The molecule has 1 aliphatic heterocycles. The Labute approximate surface area is 115 Å². The van der Waals surface area contributed by atoms with Crippen LogP contribution in [0.1, 0.15) is 24.3 Å². The van der Waals surface area contributed by atoms with Gasteiger partial charge in [-0.25, -0.2) is 4.79 Å². The Balaban J connectivity index is 1.81. The zero-order valence-electron chi connectivity index (χ0n) is 11.0. The fraction of sp³-hybridized carbons (Fsp3) is 0.500. The number of carbonyl (C=O) groups excluding carboxylic acids is 1. The molecule has 0 aliphatic carbocycles. The fourth-order valence-corrected chi connectivity index (χ4v) is 2.43. The lowest BCUT2D eigenvalue weighted by Crippen LogP contribution is -2.46. The topological polar surface area (TPSA) is 32.3 Å². The average molecular weight is 286 g/mol. The first-order chi connectivity index (χ1) is 9.46. The van der Waals surface area contributed by atoms with Crippen LogP contribution in [0.3, 0.4) is 0 Å². The van der Waals surface area contributed by atoms with Gasteiger partial charge < -0.3 is 10.2 Å². The summed E-state index contributed by atoms with van der Waals surface area (Å²) in [5, 5.41) is 1.91. The summed E-state index contributed by atoms with van der Waals surface area (Å²) >= 11 is 0. The first kappa shape index (κ1) is 14.7. The Hall–Kier alpha value is -1.72. The highest BCUT2D eigenvalue weighted by Gasteiger charge is 2.30. The van der Waals surface area contributed by atoms with Crippen LogP contribution in [0.15, 0.2) is 30.3 Å². The smallest absolute Gasteiger partial charge is 0.329 e. The van der Waals surface area contributed by atoms with E-state index in [4.69, 9.17) is 0 Å². The number of hydrogen-bond donors (Lipinski definition) is 1. The summed E-state index contributed by atoms with van der Waals surface area (Å²) in [6, 6.07) is 9.35. The molecule has 2 amide bonds. The maximum Gasteiger partial charge on any atom is 0.405 e. The molecule has 20 heavy (non-hydrogen) atoms. The van der Waals surface area contributed by atoms with Crippen molar-refractivity contribution in [1.82, 2.24) is 10.2 Å². The predicted octanol–water partition coefficient (Wildman–Crippen LogP) is 3.14. The molecule has 1 aromatic rings. The third kappa shape index (κ3) is 4.15. The summed E-state index contributed by atoms with van der Waals surface area (Å²) in [4.78, 5) is 13.1. The number of piperidine rings is 1. The Kier molecular flexibility index (Phi) is 4.52. The van der Waals surface area contributed by atoms with E-state index in [1.54, 1.807) is 0 Å². The zero-order valence-corrected chi connectivity index (χ0v) is 11.0. The minimum atomic E-state index is -4.36. The first-order valence-corrected chi connectivity index (χ1v) is 6.60. The van der Waals surface area contributed by atoms with Gasteiger partial charge in [-0.1, -0.05) is 30.3 Å².